The lowest BCUT2D eigenvalue weighted by atomic mass is 10.2. The van der Waals surface area contributed by atoms with Crippen LogP contribution in [0.1, 0.15) is 6.92 Å². The molecule has 2 heterocycles. The standard InChI is InChI=1S/C12H18N4O2/c1-2-14-12(17)10-8-18-7-6-16(10)11-9(13)4-3-5-15-11/h3-5,10H,2,6-8,13H2,1H3,(H,14,17). The van der Waals surface area contributed by atoms with Gasteiger partial charge in [-0.25, -0.2) is 4.98 Å². The van der Waals surface area contributed by atoms with Gasteiger partial charge in [0.2, 0.25) is 5.91 Å². The fourth-order valence-electron chi connectivity index (χ4n) is 2.02. The van der Waals surface area contributed by atoms with E-state index < -0.39 is 0 Å². The maximum absolute atomic E-state index is 12.0. The van der Waals surface area contributed by atoms with E-state index in [2.05, 4.69) is 10.3 Å². The third-order valence-corrected chi connectivity index (χ3v) is 2.87. The van der Waals surface area contributed by atoms with E-state index in [0.29, 0.717) is 37.8 Å². The van der Waals surface area contributed by atoms with Crippen molar-refractivity contribution in [2.24, 2.45) is 0 Å². The summed E-state index contributed by atoms with van der Waals surface area (Å²) in [5.41, 5.74) is 6.49. The number of ether oxygens (including phenoxy) is 1. The first-order valence-corrected chi connectivity index (χ1v) is 6.06. The van der Waals surface area contributed by atoms with Gasteiger partial charge in [0, 0.05) is 19.3 Å². The number of nitrogens with two attached hydrogens (primary N) is 1. The van der Waals surface area contributed by atoms with Crippen molar-refractivity contribution in [2.45, 2.75) is 13.0 Å². The minimum atomic E-state index is -0.365. The van der Waals surface area contributed by atoms with E-state index in [-0.39, 0.29) is 11.9 Å². The van der Waals surface area contributed by atoms with Gasteiger partial charge in [-0.2, -0.15) is 0 Å². The number of amides is 1. The lowest BCUT2D eigenvalue weighted by molar-refractivity contribution is -0.124. The summed E-state index contributed by atoms with van der Waals surface area (Å²) in [4.78, 5) is 18.2. The summed E-state index contributed by atoms with van der Waals surface area (Å²) >= 11 is 0. The van der Waals surface area contributed by atoms with Crippen molar-refractivity contribution >= 4 is 17.4 Å². The van der Waals surface area contributed by atoms with Gasteiger partial charge in [0.05, 0.1) is 18.9 Å². The Bertz CT molecular complexity index is 424. The minimum Gasteiger partial charge on any atom is -0.396 e. The zero-order chi connectivity index (χ0) is 13.0. The molecule has 1 atom stereocenters. The van der Waals surface area contributed by atoms with Crippen LogP contribution in [-0.2, 0) is 9.53 Å². The number of carbonyl (C=O) groups is 1. The highest BCUT2D eigenvalue weighted by molar-refractivity contribution is 5.86. The summed E-state index contributed by atoms with van der Waals surface area (Å²) in [6.07, 6.45) is 1.68. The number of hydrogen-bond donors (Lipinski definition) is 2. The van der Waals surface area contributed by atoms with Gasteiger partial charge in [-0.05, 0) is 19.1 Å². The van der Waals surface area contributed by atoms with E-state index >= 15 is 0 Å². The second-order valence-electron chi connectivity index (χ2n) is 4.09. The third kappa shape index (κ3) is 2.53. The highest BCUT2D eigenvalue weighted by atomic mass is 16.5. The molecule has 1 unspecified atom stereocenters. The molecule has 1 aromatic rings. The Morgan fingerprint density at radius 3 is 3.28 bits per heavy atom. The Labute approximate surface area is 106 Å². The van der Waals surface area contributed by atoms with Crippen molar-refractivity contribution in [3.63, 3.8) is 0 Å². The Balaban J connectivity index is 2.23. The van der Waals surface area contributed by atoms with Gasteiger partial charge in [0.25, 0.3) is 0 Å². The molecule has 0 spiro atoms. The first kappa shape index (κ1) is 12.6. The van der Waals surface area contributed by atoms with E-state index in [4.69, 9.17) is 10.5 Å². The van der Waals surface area contributed by atoms with Crippen LogP contribution in [0.15, 0.2) is 18.3 Å². The molecule has 1 aliphatic heterocycles. The summed E-state index contributed by atoms with van der Waals surface area (Å²) in [5, 5.41) is 2.81. The van der Waals surface area contributed by atoms with E-state index in [0.717, 1.165) is 0 Å². The molecule has 1 aromatic heterocycles. The highest BCUT2D eigenvalue weighted by Gasteiger charge is 2.30. The molecule has 0 aliphatic carbocycles. The Morgan fingerprint density at radius 2 is 2.56 bits per heavy atom. The van der Waals surface area contributed by atoms with Crippen molar-refractivity contribution in [3.8, 4) is 0 Å². The largest absolute Gasteiger partial charge is 0.396 e. The zero-order valence-electron chi connectivity index (χ0n) is 10.4. The number of anilines is 2. The second kappa shape index (κ2) is 5.68. The third-order valence-electron chi connectivity index (χ3n) is 2.87. The smallest absolute Gasteiger partial charge is 0.245 e. The van der Waals surface area contributed by atoms with Crippen LogP contribution < -0.4 is 16.0 Å². The van der Waals surface area contributed by atoms with Gasteiger partial charge in [-0.15, -0.1) is 0 Å². The number of morpholine rings is 1. The molecular formula is C12H18N4O2. The Morgan fingerprint density at radius 1 is 1.72 bits per heavy atom. The first-order valence-electron chi connectivity index (χ1n) is 6.06. The minimum absolute atomic E-state index is 0.0535. The molecule has 0 radical (unpaired) electrons. The van der Waals surface area contributed by atoms with Crippen LogP contribution in [0.25, 0.3) is 0 Å². The molecule has 0 aromatic carbocycles. The van der Waals surface area contributed by atoms with Crippen molar-refractivity contribution in [3.05, 3.63) is 18.3 Å². The number of likely N-dealkylation sites (N-methyl/N-ethyl adjacent to an activating group) is 1. The van der Waals surface area contributed by atoms with Crippen molar-refractivity contribution < 1.29 is 9.53 Å². The average molecular weight is 250 g/mol. The molecule has 98 valence electrons. The predicted molar refractivity (Wildman–Crippen MR) is 69.3 cm³/mol. The summed E-state index contributed by atoms with van der Waals surface area (Å²) in [7, 11) is 0. The van der Waals surface area contributed by atoms with Crippen LogP contribution in [-0.4, -0.2) is 43.2 Å². The Kier molecular flexibility index (Phi) is 3.99. The van der Waals surface area contributed by atoms with Crippen molar-refractivity contribution in [1.29, 1.82) is 0 Å². The van der Waals surface area contributed by atoms with Gasteiger partial charge in [-0.1, -0.05) is 0 Å². The molecule has 2 rings (SSSR count). The SMILES string of the molecule is CCNC(=O)C1COCCN1c1ncccc1N. The van der Waals surface area contributed by atoms with Crippen molar-refractivity contribution in [2.75, 3.05) is 36.9 Å². The maximum Gasteiger partial charge on any atom is 0.245 e. The number of hydrogen-bond acceptors (Lipinski definition) is 5. The van der Waals surface area contributed by atoms with Crippen LogP contribution in [0.5, 0.6) is 0 Å². The van der Waals surface area contributed by atoms with E-state index in [1.807, 2.05) is 11.8 Å². The fourth-order valence-corrected chi connectivity index (χ4v) is 2.02. The monoisotopic (exact) mass is 250 g/mol. The lowest BCUT2D eigenvalue weighted by Gasteiger charge is -2.35. The molecular weight excluding hydrogens is 232 g/mol. The quantitative estimate of drug-likeness (QED) is 0.789. The number of aromatic nitrogens is 1. The fraction of sp³-hybridized carbons (Fsp3) is 0.500. The van der Waals surface area contributed by atoms with Gasteiger partial charge in [0.15, 0.2) is 5.82 Å². The molecule has 6 heteroatoms. The molecule has 0 saturated carbocycles. The van der Waals surface area contributed by atoms with Crippen LogP contribution in [0.2, 0.25) is 0 Å². The van der Waals surface area contributed by atoms with E-state index in [1.165, 1.54) is 0 Å². The number of pyridine rings is 1. The highest BCUT2D eigenvalue weighted by Crippen LogP contribution is 2.23. The number of nitrogens with one attached hydrogen (secondary N) is 1. The molecule has 1 fully saturated rings. The first-order chi connectivity index (χ1) is 8.74. The van der Waals surface area contributed by atoms with Crippen LogP contribution in [0, 0.1) is 0 Å². The summed E-state index contributed by atoms with van der Waals surface area (Å²) < 4.78 is 5.37. The van der Waals surface area contributed by atoms with Crippen LogP contribution in [0.3, 0.4) is 0 Å². The molecule has 1 aliphatic rings. The van der Waals surface area contributed by atoms with Crippen LogP contribution >= 0.6 is 0 Å². The molecule has 3 N–H and O–H groups in total. The van der Waals surface area contributed by atoms with Crippen LogP contribution in [0.4, 0.5) is 11.5 Å². The molecule has 0 bridgehead atoms. The zero-order valence-corrected chi connectivity index (χ0v) is 10.4. The van der Waals surface area contributed by atoms with Gasteiger partial charge >= 0.3 is 0 Å². The second-order valence-corrected chi connectivity index (χ2v) is 4.09. The average Bonchev–Trinajstić information content (AvgIpc) is 2.40. The lowest BCUT2D eigenvalue weighted by Crippen LogP contribution is -2.54. The normalized spacial score (nSPS) is 19.6. The topological polar surface area (TPSA) is 80.5 Å². The molecule has 6 nitrogen and oxygen atoms in total. The summed E-state index contributed by atoms with van der Waals surface area (Å²) in [6, 6.07) is 3.20. The number of rotatable bonds is 3. The van der Waals surface area contributed by atoms with E-state index in [1.54, 1.807) is 18.3 Å². The summed E-state index contributed by atoms with van der Waals surface area (Å²) in [5.74, 6) is 0.597. The maximum atomic E-state index is 12.0. The Hall–Kier alpha value is -1.82. The van der Waals surface area contributed by atoms with Gasteiger partial charge in [0.1, 0.15) is 6.04 Å². The molecule has 1 amide bonds. The van der Waals surface area contributed by atoms with Crippen molar-refractivity contribution in [1.82, 2.24) is 10.3 Å². The number of nitrogens with zero attached hydrogens (tertiary/aromatic N) is 2. The predicted octanol–water partition coefficient (Wildman–Crippen LogP) is 0.00510. The van der Waals surface area contributed by atoms with Gasteiger partial charge < -0.3 is 20.7 Å². The summed E-state index contributed by atoms with van der Waals surface area (Å²) in [6.45, 7) is 4.04. The molecule has 1 saturated heterocycles. The number of carbonyl (C=O) groups excluding carboxylic acids is 1. The number of nitrogen functional groups attached to an aromatic ring is 1. The molecule has 18 heavy (non-hydrogen) atoms. The van der Waals surface area contributed by atoms with Gasteiger partial charge in [-0.3, -0.25) is 4.79 Å². The van der Waals surface area contributed by atoms with E-state index in [9.17, 15) is 4.79 Å².